The van der Waals surface area contributed by atoms with E-state index in [0.29, 0.717) is 0 Å². The van der Waals surface area contributed by atoms with Gasteiger partial charge >= 0.3 is 41.5 Å². The Hall–Kier alpha value is -0.580. The molecule has 0 rings (SSSR count). The third kappa shape index (κ3) is 44.3. The molecule has 0 aromatic carbocycles. The first-order chi connectivity index (χ1) is 4.54. The average molecular weight is 168 g/mol. The van der Waals surface area contributed by atoms with Crippen LogP contribution < -0.4 is 0 Å². The zero-order chi connectivity index (χ0) is 8.57. The van der Waals surface area contributed by atoms with E-state index in [1.165, 1.54) is 0 Å². The number of carboxylic acid groups (broad SMARTS) is 2. The first-order valence-corrected chi connectivity index (χ1v) is 2.25. The van der Waals surface area contributed by atoms with E-state index in [4.69, 9.17) is 10.2 Å². The molecule has 0 spiro atoms. The van der Waals surface area contributed by atoms with Crippen LogP contribution in [0, 0.1) is 0 Å². The van der Waals surface area contributed by atoms with Crippen molar-refractivity contribution < 1.29 is 19.8 Å². The molecular formula is C6H9NaO4. The van der Waals surface area contributed by atoms with E-state index in [1.807, 2.05) is 0 Å². The van der Waals surface area contributed by atoms with Crippen molar-refractivity contribution in [3.8, 4) is 0 Å². The molecule has 11 heavy (non-hydrogen) atoms. The van der Waals surface area contributed by atoms with Gasteiger partial charge in [-0.05, 0) is 0 Å². The van der Waals surface area contributed by atoms with Crippen LogP contribution in [0.5, 0.6) is 0 Å². The van der Waals surface area contributed by atoms with Crippen LogP contribution in [0.1, 0.15) is 0 Å². The molecule has 0 aliphatic heterocycles. The first kappa shape index (κ1) is 16.8. The van der Waals surface area contributed by atoms with E-state index >= 15 is 0 Å². The van der Waals surface area contributed by atoms with Crippen molar-refractivity contribution in [3.63, 3.8) is 0 Å². The molecule has 58 valence electrons. The molecule has 0 saturated heterocycles. The van der Waals surface area contributed by atoms with E-state index in [0.717, 1.165) is 12.2 Å². The molecule has 0 aromatic heterocycles. The summed E-state index contributed by atoms with van der Waals surface area (Å²) in [5.41, 5.74) is 0. The summed E-state index contributed by atoms with van der Waals surface area (Å²) in [6.07, 6.45) is 1.67. The summed E-state index contributed by atoms with van der Waals surface area (Å²) in [5.74, 6) is -1.96. The maximum atomic E-state index is 9.25. The minimum absolute atomic E-state index is 0. The summed E-state index contributed by atoms with van der Waals surface area (Å²) >= 11 is 0. The van der Waals surface area contributed by atoms with Crippen molar-refractivity contribution in [1.29, 1.82) is 0 Å². The van der Waals surface area contributed by atoms with Crippen LogP contribution in [-0.2, 0) is 9.59 Å². The minimum atomic E-state index is -0.981. The van der Waals surface area contributed by atoms with Crippen molar-refractivity contribution in [2.24, 2.45) is 0 Å². The zero-order valence-corrected chi connectivity index (χ0v) is 5.28. The van der Waals surface area contributed by atoms with Crippen molar-refractivity contribution >= 4 is 41.5 Å². The molecule has 0 aliphatic carbocycles. The Bertz CT molecular complexity index is 135. The normalized spacial score (nSPS) is 5.82. The van der Waals surface area contributed by atoms with Crippen LogP contribution in [0.3, 0.4) is 0 Å². The van der Waals surface area contributed by atoms with Gasteiger partial charge in [-0.2, -0.15) is 0 Å². The van der Waals surface area contributed by atoms with Gasteiger partial charge in [0, 0.05) is 12.2 Å². The van der Waals surface area contributed by atoms with Crippen LogP contribution >= 0.6 is 0 Å². The molecule has 0 amide bonds. The topological polar surface area (TPSA) is 74.6 Å². The first-order valence-electron chi connectivity index (χ1n) is 2.25. The Morgan fingerprint density at radius 2 is 1.09 bits per heavy atom. The van der Waals surface area contributed by atoms with Crippen LogP contribution in [0.15, 0.2) is 25.3 Å². The summed E-state index contributed by atoms with van der Waals surface area (Å²) in [6, 6.07) is 0. The fourth-order valence-electron chi connectivity index (χ4n) is 0. The number of carbonyl (C=O) groups is 2. The van der Waals surface area contributed by atoms with E-state index < -0.39 is 11.9 Å². The third-order valence-electron chi connectivity index (χ3n) is 0.349. The second kappa shape index (κ2) is 12.1. The van der Waals surface area contributed by atoms with E-state index in [-0.39, 0.29) is 29.6 Å². The predicted octanol–water partition coefficient (Wildman–Crippen LogP) is -0.135. The van der Waals surface area contributed by atoms with Gasteiger partial charge in [0.2, 0.25) is 0 Å². The van der Waals surface area contributed by atoms with E-state index in [1.54, 1.807) is 0 Å². The van der Waals surface area contributed by atoms with Gasteiger partial charge in [0.05, 0.1) is 0 Å². The van der Waals surface area contributed by atoms with Crippen molar-refractivity contribution in [2.45, 2.75) is 0 Å². The molecule has 5 heteroatoms. The van der Waals surface area contributed by atoms with Gasteiger partial charge in [0.25, 0.3) is 0 Å². The predicted molar refractivity (Wildman–Crippen MR) is 42.8 cm³/mol. The van der Waals surface area contributed by atoms with Crippen LogP contribution in [0.4, 0.5) is 0 Å². The fraction of sp³-hybridized carbons (Fsp3) is 0. The van der Waals surface area contributed by atoms with Gasteiger partial charge in [0.15, 0.2) is 0 Å². The van der Waals surface area contributed by atoms with Gasteiger partial charge in [-0.15, -0.1) is 0 Å². The summed E-state index contributed by atoms with van der Waals surface area (Å²) in [5, 5.41) is 15.2. The van der Waals surface area contributed by atoms with Gasteiger partial charge in [-0.3, -0.25) is 0 Å². The van der Waals surface area contributed by atoms with E-state index in [9.17, 15) is 9.59 Å². The number of rotatable bonds is 2. The van der Waals surface area contributed by atoms with E-state index in [2.05, 4.69) is 13.2 Å². The van der Waals surface area contributed by atoms with Gasteiger partial charge in [-0.25, -0.2) is 9.59 Å². The monoisotopic (exact) mass is 168 g/mol. The Morgan fingerprint density at radius 1 is 1.00 bits per heavy atom. The summed E-state index contributed by atoms with van der Waals surface area (Å²) in [7, 11) is 0. The Morgan fingerprint density at radius 3 is 1.09 bits per heavy atom. The number of carboxylic acids is 2. The molecule has 0 atom stereocenters. The molecule has 0 saturated carbocycles. The zero-order valence-electron chi connectivity index (χ0n) is 5.28. The average Bonchev–Trinajstić information content (AvgIpc) is 1.89. The van der Waals surface area contributed by atoms with Crippen molar-refractivity contribution in [3.05, 3.63) is 25.3 Å². The molecular weight excluding hydrogens is 159 g/mol. The number of hydrogen-bond donors (Lipinski definition) is 2. The Labute approximate surface area is 86.5 Å². The van der Waals surface area contributed by atoms with Crippen LogP contribution in [0.25, 0.3) is 0 Å². The quantitative estimate of drug-likeness (QED) is 0.444. The molecule has 2 N–H and O–H groups in total. The number of hydrogen-bond acceptors (Lipinski definition) is 2. The summed E-state index contributed by atoms with van der Waals surface area (Å²) in [4.78, 5) is 18.5. The van der Waals surface area contributed by atoms with Gasteiger partial charge in [0.1, 0.15) is 0 Å². The maximum absolute atomic E-state index is 9.25. The molecule has 0 heterocycles. The molecule has 0 aliphatic rings. The van der Waals surface area contributed by atoms with Crippen molar-refractivity contribution in [1.82, 2.24) is 0 Å². The molecule has 0 aromatic rings. The summed E-state index contributed by atoms with van der Waals surface area (Å²) in [6.45, 7) is 5.92. The van der Waals surface area contributed by atoms with Crippen LogP contribution in [0.2, 0.25) is 0 Å². The Balaban J connectivity index is -0.000000107. The van der Waals surface area contributed by atoms with Gasteiger partial charge < -0.3 is 10.2 Å². The third-order valence-corrected chi connectivity index (χ3v) is 0.349. The second-order valence-electron chi connectivity index (χ2n) is 1.08. The standard InChI is InChI=1S/2C3H4O2.Na.H/c2*1-2-3(4)5;;/h2*2H,1H2,(H,4,5);;. The van der Waals surface area contributed by atoms with Gasteiger partial charge in [-0.1, -0.05) is 13.2 Å². The summed E-state index contributed by atoms with van der Waals surface area (Å²) < 4.78 is 0. The SMILES string of the molecule is C=CC(=O)O.C=CC(=O)O.[NaH]. The van der Waals surface area contributed by atoms with Crippen LogP contribution in [-0.4, -0.2) is 51.7 Å². The molecule has 4 nitrogen and oxygen atoms in total. The Kier molecular flexibility index (Phi) is 18.5. The molecule has 0 unspecified atom stereocenters. The number of aliphatic carboxylic acids is 2. The molecule has 0 fully saturated rings. The molecule has 0 bridgehead atoms. The second-order valence-corrected chi connectivity index (χ2v) is 1.08. The van der Waals surface area contributed by atoms with Crippen molar-refractivity contribution in [2.75, 3.05) is 0 Å². The fourth-order valence-corrected chi connectivity index (χ4v) is 0. The molecule has 0 radical (unpaired) electrons.